The number of benzene rings is 1. The average molecular weight is 204 g/mol. The number of nitrogens with two attached hydrogens (primary N) is 1. The Balaban J connectivity index is 2.63. The van der Waals surface area contributed by atoms with Crippen LogP contribution in [0.4, 0.5) is 11.5 Å². The molecule has 0 amide bonds. The molecule has 0 unspecified atom stereocenters. The Morgan fingerprint density at radius 3 is 2.67 bits per heavy atom. The smallest absolute Gasteiger partial charge is 0.294 e. The van der Waals surface area contributed by atoms with Crippen LogP contribution in [-0.4, -0.2) is 14.7 Å². The third-order valence-corrected chi connectivity index (χ3v) is 1.98. The van der Waals surface area contributed by atoms with E-state index < -0.39 is 4.92 Å². The van der Waals surface area contributed by atoms with Crippen molar-refractivity contribution in [2.45, 2.75) is 0 Å². The van der Waals surface area contributed by atoms with Crippen molar-refractivity contribution in [2.75, 3.05) is 5.73 Å². The zero-order chi connectivity index (χ0) is 10.8. The third kappa shape index (κ3) is 1.52. The van der Waals surface area contributed by atoms with E-state index in [9.17, 15) is 10.1 Å². The topological polar surface area (TPSA) is 87.0 Å². The lowest BCUT2D eigenvalue weighted by molar-refractivity contribution is -0.384. The van der Waals surface area contributed by atoms with E-state index in [0.717, 1.165) is 0 Å². The van der Waals surface area contributed by atoms with Crippen molar-refractivity contribution in [1.82, 2.24) is 9.78 Å². The van der Waals surface area contributed by atoms with E-state index in [1.54, 1.807) is 24.3 Å². The van der Waals surface area contributed by atoms with Crippen LogP contribution in [0.2, 0.25) is 0 Å². The highest BCUT2D eigenvalue weighted by Crippen LogP contribution is 2.23. The molecule has 0 aliphatic carbocycles. The summed E-state index contributed by atoms with van der Waals surface area (Å²) in [4.78, 5) is 10.3. The van der Waals surface area contributed by atoms with Gasteiger partial charge in [0.1, 0.15) is 11.5 Å². The molecule has 2 N–H and O–H groups in total. The molecule has 0 radical (unpaired) electrons. The summed E-state index contributed by atoms with van der Waals surface area (Å²) in [7, 11) is 0. The molecule has 6 heteroatoms. The highest BCUT2D eigenvalue weighted by Gasteiger charge is 2.15. The van der Waals surface area contributed by atoms with Crippen LogP contribution in [0.15, 0.2) is 36.5 Å². The highest BCUT2D eigenvalue weighted by atomic mass is 16.6. The second kappa shape index (κ2) is 3.41. The predicted molar refractivity (Wildman–Crippen MR) is 54.6 cm³/mol. The molecule has 0 spiro atoms. The number of nitro benzene ring substituents is 1. The Hall–Kier alpha value is -2.37. The largest absolute Gasteiger partial charge is 0.384 e. The first-order valence-electron chi connectivity index (χ1n) is 4.23. The van der Waals surface area contributed by atoms with E-state index in [1.165, 1.54) is 16.9 Å². The van der Waals surface area contributed by atoms with Gasteiger partial charge in [-0.1, -0.05) is 12.1 Å². The molecule has 0 aliphatic rings. The quantitative estimate of drug-likeness (QED) is 0.591. The standard InChI is InChI=1S/C9H8N4O2/c10-9-5-6-11-12(9)7-3-1-2-4-8(7)13(14)15/h1-6H,10H2. The van der Waals surface area contributed by atoms with Gasteiger partial charge < -0.3 is 5.73 Å². The lowest BCUT2D eigenvalue weighted by atomic mass is 10.3. The molecule has 15 heavy (non-hydrogen) atoms. The molecule has 0 fully saturated rings. The number of nitro groups is 1. The molecular weight excluding hydrogens is 196 g/mol. The number of aromatic nitrogens is 2. The van der Waals surface area contributed by atoms with Crippen LogP contribution in [0.25, 0.3) is 5.69 Å². The minimum atomic E-state index is -0.462. The first-order chi connectivity index (χ1) is 7.20. The van der Waals surface area contributed by atoms with Gasteiger partial charge in [-0.3, -0.25) is 10.1 Å². The van der Waals surface area contributed by atoms with Gasteiger partial charge in [-0.25, -0.2) is 4.68 Å². The number of anilines is 1. The molecule has 1 aromatic heterocycles. The Kier molecular flexibility index (Phi) is 2.09. The van der Waals surface area contributed by atoms with E-state index >= 15 is 0 Å². The van der Waals surface area contributed by atoms with Gasteiger partial charge in [0.2, 0.25) is 0 Å². The Labute approximate surface area is 85.1 Å². The highest BCUT2D eigenvalue weighted by molar-refractivity contribution is 5.54. The van der Waals surface area contributed by atoms with Crippen molar-refractivity contribution in [3.63, 3.8) is 0 Å². The lowest BCUT2D eigenvalue weighted by Gasteiger charge is -2.03. The molecule has 0 saturated heterocycles. The molecule has 2 aromatic rings. The number of rotatable bonds is 2. The molecule has 0 atom stereocenters. The van der Waals surface area contributed by atoms with Gasteiger partial charge in [0.05, 0.1) is 11.1 Å². The molecule has 1 heterocycles. The van der Waals surface area contributed by atoms with E-state index in [2.05, 4.69) is 5.10 Å². The van der Waals surface area contributed by atoms with Crippen molar-refractivity contribution < 1.29 is 4.92 Å². The summed E-state index contributed by atoms with van der Waals surface area (Å²) in [5, 5.41) is 14.7. The SMILES string of the molecule is Nc1ccnn1-c1ccccc1[N+](=O)[O-]. The van der Waals surface area contributed by atoms with E-state index in [-0.39, 0.29) is 5.69 Å². The monoisotopic (exact) mass is 204 g/mol. The third-order valence-electron chi connectivity index (χ3n) is 1.98. The number of hydrogen-bond donors (Lipinski definition) is 1. The molecule has 76 valence electrons. The molecular formula is C9H8N4O2. The summed E-state index contributed by atoms with van der Waals surface area (Å²) >= 11 is 0. The fourth-order valence-corrected chi connectivity index (χ4v) is 1.31. The van der Waals surface area contributed by atoms with Crippen molar-refractivity contribution >= 4 is 11.5 Å². The van der Waals surface area contributed by atoms with Crippen LogP contribution < -0.4 is 5.73 Å². The first kappa shape index (κ1) is 9.20. The molecule has 6 nitrogen and oxygen atoms in total. The molecule has 0 bridgehead atoms. The fraction of sp³-hybridized carbons (Fsp3) is 0. The summed E-state index contributed by atoms with van der Waals surface area (Å²) in [6.45, 7) is 0. The van der Waals surface area contributed by atoms with Gasteiger partial charge in [-0.2, -0.15) is 5.10 Å². The summed E-state index contributed by atoms with van der Waals surface area (Å²) in [5.74, 6) is 0.365. The zero-order valence-corrected chi connectivity index (χ0v) is 7.70. The van der Waals surface area contributed by atoms with Crippen molar-refractivity contribution in [2.24, 2.45) is 0 Å². The van der Waals surface area contributed by atoms with Crippen LogP contribution in [0.5, 0.6) is 0 Å². The Morgan fingerprint density at radius 1 is 1.33 bits per heavy atom. The minimum Gasteiger partial charge on any atom is -0.384 e. The minimum absolute atomic E-state index is 0.0205. The van der Waals surface area contributed by atoms with E-state index in [4.69, 9.17) is 5.73 Å². The zero-order valence-electron chi connectivity index (χ0n) is 7.70. The Morgan fingerprint density at radius 2 is 2.07 bits per heavy atom. The lowest BCUT2D eigenvalue weighted by Crippen LogP contribution is -2.04. The van der Waals surface area contributed by atoms with Crippen molar-refractivity contribution in [1.29, 1.82) is 0 Å². The summed E-state index contributed by atoms with van der Waals surface area (Å²) in [6.07, 6.45) is 1.49. The van der Waals surface area contributed by atoms with E-state index in [1.807, 2.05) is 0 Å². The van der Waals surface area contributed by atoms with Crippen LogP contribution in [0, 0.1) is 10.1 Å². The molecule has 0 saturated carbocycles. The fourth-order valence-electron chi connectivity index (χ4n) is 1.31. The molecule has 2 rings (SSSR count). The number of hydrogen-bond acceptors (Lipinski definition) is 4. The number of nitrogens with zero attached hydrogens (tertiary/aromatic N) is 3. The Bertz CT molecular complexity index is 506. The van der Waals surface area contributed by atoms with Crippen LogP contribution in [0.1, 0.15) is 0 Å². The molecule has 0 aliphatic heterocycles. The summed E-state index contributed by atoms with van der Waals surface area (Å²) < 4.78 is 1.33. The van der Waals surface area contributed by atoms with Crippen LogP contribution in [0.3, 0.4) is 0 Å². The van der Waals surface area contributed by atoms with Gasteiger partial charge in [0, 0.05) is 12.1 Å². The van der Waals surface area contributed by atoms with Gasteiger partial charge in [-0.15, -0.1) is 0 Å². The number of nitrogen functional groups attached to an aromatic ring is 1. The van der Waals surface area contributed by atoms with Gasteiger partial charge in [0.15, 0.2) is 0 Å². The second-order valence-corrected chi connectivity index (χ2v) is 2.91. The normalized spacial score (nSPS) is 10.1. The van der Waals surface area contributed by atoms with Gasteiger partial charge >= 0.3 is 0 Å². The molecule has 1 aromatic carbocycles. The summed E-state index contributed by atoms with van der Waals surface area (Å²) in [6, 6.07) is 7.89. The number of para-hydroxylation sites is 2. The van der Waals surface area contributed by atoms with Gasteiger partial charge in [0.25, 0.3) is 5.69 Å². The second-order valence-electron chi connectivity index (χ2n) is 2.91. The summed E-state index contributed by atoms with van der Waals surface area (Å²) in [5.41, 5.74) is 5.96. The van der Waals surface area contributed by atoms with Crippen molar-refractivity contribution in [3.05, 3.63) is 46.6 Å². The van der Waals surface area contributed by atoms with Crippen LogP contribution in [-0.2, 0) is 0 Å². The van der Waals surface area contributed by atoms with Gasteiger partial charge in [-0.05, 0) is 6.07 Å². The average Bonchev–Trinajstić information content (AvgIpc) is 2.64. The predicted octanol–water partition coefficient (Wildman–Crippen LogP) is 1.36. The maximum absolute atomic E-state index is 10.8. The maximum Gasteiger partial charge on any atom is 0.294 e. The first-order valence-corrected chi connectivity index (χ1v) is 4.23. The van der Waals surface area contributed by atoms with Crippen LogP contribution >= 0.6 is 0 Å². The van der Waals surface area contributed by atoms with E-state index in [0.29, 0.717) is 11.5 Å². The van der Waals surface area contributed by atoms with Crippen molar-refractivity contribution in [3.8, 4) is 5.69 Å². The maximum atomic E-state index is 10.8.